The fourth-order valence-electron chi connectivity index (χ4n) is 3.06. The molecule has 0 radical (unpaired) electrons. The first-order valence-electron chi connectivity index (χ1n) is 7.54. The Morgan fingerprint density at radius 1 is 1.18 bits per heavy atom. The van der Waals surface area contributed by atoms with Gasteiger partial charge in [0, 0.05) is 17.6 Å². The number of rotatable bonds is 5. The summed E-state index contributed by atoms with van der Waals surface area (Å²) in [4.78, 5) is 10.9. The minimum atomic E-state index is -3.65. The Balaban J connectivity index is 1.85. The van der Waals surface area contributed by atoms with Gasteiger partial charge in [0.05, 0.1) is 11.5 Å². The number of hydrogen-bond donors (Lipinski definition) is 0. The van der Waals surface area contributed by atoms with E-state index in [2.05, 4.69) is 0 Å². The van der Waals surface area contributed by atoms with Crippen molar-refractivity contribution in [1.29, 1.82) is 0 Å². The number of halogens is 1. The SMILES string of the molecule is CC(=O)OCCC1CCC(c2ccc(S(=O)(=O)Cl)cc2)CC1. The molecule has 2 rings (SSSR count). The molecule has 0 aliphatic heterocycles. The predicted octanol–water partition coefficient (Wildman–Crippen LogP) is 3.84. The highest BCUT2D eigenvalue weighted by molar-refractivity contribution is 8.13. The van der Waals surface area contributed by atoms with Crippen LogP contribution in [-0.4, -0.2) is 21.0 Å². The van der Waals surface area contributed by atoms with Crippen molar-refractivity contribution in [3.8, 4) is 0 Å². The summed E-state index contributed by atoms with van der Waals surface area (Å²) in [5.41, 5.74) is 1.17. The minimum absolute atomic E-state index is 0.146. The summed E-state index contributed by atoms with van der Waals surface area (Å²) in [5.74, 6) is 0.859. The van der Waals surface area contributed by atoms with E-state index in [1.54, 1.807) is 12.1 Å². The fourth-order valence-corrected chi connectivity index (χ4v) is 3.83. The van der Waals surface area contributed by atoms with Crippen LogP contribution in [0.25, 0.3) is 0 Å². The van der Waals surface area contributed by atoms with Crippen molar-refractivity contribution in [3.05, 3.63) is 29.8 Å². The molecule has 0 spiro atoms. The Morgan fingerprint density at radius 2 is 1.77 bits per heavy atom. The maximum atomic E-state index is 11.2. The molecule has 4 nitrogen and oxygen atoms in total. The lowest BCUT2D eigenvalue weighted by Gasteiger charge is -2.28. The normalized spacial score (nSPS) is 22.3. The number of esters is 1. The first-order valence-corrected chi connectivity index (χ1v) is 9.85. The highest BCUT2D eigenvalue weighted by Crippen LogP contribution is 2.37. The Kier molecular flexibility index (Phi) is 5.87. The van der Waals surface area contributed by atoms with Crippen LogP contribution >= 0.6 is 10.7 Å². The van der Waals surface area contributed by atoms with Gasteiger partial charge in [-0.25, -0.2) is 8.42 Å². The molecule has 1 aromatic carbocycles. The minimum Gasteiger partial charge on any atom is -0.466 e. The molecule has 0 aromatic heterocycles. The molecule has 0 heterocycles. The highest BCUT2D eigenvalue weighted by atomic mass is 35.7. The number of carbonyl (C=O) groups excluding carboxylic acids is 1. The van der Waals surface area contributed by atoms with Gasteiger partial charge in [-0.05, 0) is 61.6 Å². The van der Waals surface area contributed by atoms with Crippen molar-refractivity contribution < 1.29 is 17.9 Å². The van der Waals surface area contributed by atoms with E-state index in [1.807, 2.05) is 12.1 Å². The second kappa shape index (κ2) is 7.47. The van der Waals surface area contributed by atoms with Crippen molar-refractivity contribution in [1.82, 2.24) is 0 Å². The highest BCUT2D eigenvalue weighted by Gasteiger charge is 2.22. The third kappa shape index (κ3) is 4.99. The van der Waals surface area contributed by atoms with Crippen molar-refractivity contribution in [2.75, 3.05) is 6.61 Å². The van der Waals surface area contributed by atoms with E-state index in [0.717, 1.165) is 32.1 Å². The van der Waals surface area contributed by atoms with Crippen LogP contribution in [0.4, 0.5) is 0 Å². The van der Waals surface area contributed by atoms with E-state index in [-0.39, 0.29) is 10.9 Å². The van der Waals surface area contributed by atoms with Crippen molar-refractivity contribution in [3.63, 3.8) is 0 Å². The van der Waals surface area contributed by atoms with Gasteiger partial charge in [-0.2, -0.15) is 0 Å². The summed E-state index contributed by atoms with van der Waals surface area (Å²) in [6, 6.07) is 6.87. The quantitative estimate of drug-likeness (QED) is 0.601. The number of ether oxygens (including phenoxy) is 1. The molecule has 0 amide bonds. The van der Waals surface area contributed by atoms with Gasteiger partial charge in [-0.15, -0.1) is 0 Å². The molecule has 0 bridgehead atoms. The summed E-state index contributed by atoms with van der Waals surface area (Å²) in [6.07, 6.45) is 5.31. The molecule has 1 aliphatic rings. The van der Waals surface area contributed by atoms with Crippen LogP contribution in [0.1, 0.15) is 50.5 Å². The summed E-state index contributed by atoms with van der Waals surface area (Å²) in [6.45, 7) is 1.94. The zero-order chi connectivity index (χ0) is 16.2. The Hall–Kier alpha value is -1.07. The second-order valence-electron chi connectivity index (χ2n) is 5.85. The van der Waals surface area contributed by atoms with Gasteiger partial charge in [0.15, 0.2) is 0 Å². The van der Waals surface area contributed by atoms with Crippen LogP contribution in [0.15, 0.2) is 29.2 Å². The molecular weight excluding hydrogens is 324 g/mol. The van der Waals surface area contributed by atoms with E-state index in [9.17, 15) is 13.2 Å². The Morgan fingerprint density at radius 3 is 2.27 bits per heavy atom. The Bertz CT molecular complexity index is 602. The summed E-state index contributed by atoms with van der Waals surface area (Å²) < 4.78 is 27.5. The zero-order valence-electron chi connectivity index (χ0n) is 12.6. The molecule has 0 unspecified atom stereocenters. The monoisotopic (exact) mass is 344 g/mol. The molecule has 122 valence electrons. The van der Waals surface area contributed by atoms with Crippen LogP contribution in [0.5, 0.6) is 0 Å². The van der Waals surface area contributed by atoms with Crippen LogP contribution in [0.2, 0.25) is 0 Å². The summed E-state index contributed by atoms with van der Waals surface area (Å²) in [5, 5.41) is 0. The summed E-state index contributed by atoms with van der Waals surface area (Å²) in [7, 11) is 1.68. The molecule has 0 N–H and O–H groups in total. The van der Waals surface area contributed by atoms with Gasteiger partial charge >= 0.3 is 5.97 Å². The van der Waals surface area contributed by atoms with E-state index < -0.39 is 9.05 Å². The van der Waals surface area contributed by atoms with Gasteiger partial charge in [0.2, 0.25) is 0 Å². The number of benzene rings is 1. The zero-order valence-corrected chi connectivity index (χ0v) is 14.2. The fraction of sp³-hybridized carbons (Fsp3) is 0.562. The molecule has 1 saturated carbocycles. The Labute approximate surface area is 136 Å². The van der Waals surface area contributed by atoms with Crippen LogP contribution in [0, 0.1) is 5.92 Å². The van der Waals surface area contributed by atoms with E-state index >= 15 is 0 Å². The first kappa shape index (κ1) is 17.3. The third-order valence-corrected chi connectivity index (χ3v) is 5.68. The molecule has 6 heteroatoms. The lowest BCUT2D eigenvalue weighted by molar-refractivity contribution is -0.141. The average molecular weight is 345 g/mol. The molecule has 22 heavy (non-hydrogen) atoms. The molecule has 0 atom stereocenters. The van der Waals surface area contributed by atoms with Gasteiger partial charge < -0.3 is 4.74 Å². The lowest BCUT2D eigenvalue weighted by Crippen LogP contribution is -2.15. The second-order valence-corrected chi connectivity index (χ2v) is 8.42. The van der Waals surface area contributed by atoms with Crippen molar-refractivity contribution in [2.45, 2.75) is 49.8 Å². The van der Waals surface area contributed by atoms with E-state index in [1.165, 1.54) is 12.5 Å². The van der Waals surface area contributed by atoms with Gasteiger partial charge in [-0.1, -0.05) is 12.1 Å². The van der Waals surface area contributed by atoms with Gasteiger partial charge in [0.25, 0.3) is 9.05 Å². The number of hydrogen-bond acceptors (Lipinski definition) is 4. The van der Waals surface area contributed by atoms with Gasteiger partial charge in [-0.3, -0.25) is 4.79 Å². The summed E-state index contributed by atoms with van der Waals surface area (Å²) >= 11 is 0. The largest absolute Gasteiger partial charge is 0.466 e. The third-order valence-electron chi connectivity index (χ3n) is 4.31. The van der Waals surface area contributed by atoms with E-state index in [4.69, 9.17) is 15.4 Å². The van der Waals surface area contributed by atoms with E-state index in [0.29, 0.717) is 18.4 Å². The topological polar surface area (TPSA) is 60.4 Å². The maximum absolute atomic E-state index is 11.2. The van der Waals surface area contributed by atoms with Crippen LogP contribution in [-0.2, 0) is 18.6 Å². The number of carbonyl (C=O) groups is 1. The first-order chi connectivity index (χ1) is 10.4. The van der Waals surface area contributed by atoms with Crippen molar-refractivity contribution in [2.24, 2.45) is 5.92 Å². The lowest BCUT2D eigenvalue weighted by atomic mass is 9.78. The molecule has 1 aliphatic carbocycles. The van der Waals surface area contributed by atoms with Crippen LogP contribution < -0.4 is 0 Å². The predicted molar refractivity (Wildman–Crippen MR) is 85.4 cm³/mol. The molecular formula is C16H21ClO4S. The average Bonchev–Trinajstić information content (AvgIpc) is 2.47. The maximum Gasteiger partial charge on any atom is 0.302 e. The standard InChI is InChI=1S/C16H21ClO4S/c1-12(18)21-11-10-13-2-4-14(5-3-13)15-6-8-16(9-7-15)22(17,19)20/h6-9,13-14H,2-5,10-11H2,1H3. The van der Waals surface area contributed by atoms with Crippen LogP contribution in [0.3, 0.4) is 0 Å². The van der Waals surface area contributed by atoms with Gasteiger partial charge in [0.1, 0.15) is 0 Å². The molecule has 0 saturated heterocycles. The van der Waals surface area contributed by atoms with Crippen molar-refractivity contribution >= 4 is 25.7 Å². The molecule has 1 fully saturated rings. The molecule has 1 aromatic rings. The smallest absolute Gasteiger partial charge is 0.302 e.